The molecule has 23 heavy (non-hydrogen) atoms. The third-order valence-electron chi connectivity index (χ3n) is 4.05. The lowest BCUT2D eigenvalue weighted by Crippen LogP contribution is -2.34. The van der Waals surface area contributed by atoms with Gasteiger partial charge < -0.3 is 15.0 Å². The molecule has 0 aromatic heterocycles. The molecule has 2 heterocycles. The van der Waals surface area contributed by atoms with Crippen molar-refractivity contribution in [2.45, 2.75) is 26.3 Å². The van der Waals surface area contributed by atoms with Crippen molar-refractivity contribution in [1.82, 2.24) is 5.32 Å². The minimum absolute atomic E-state index is 0.00914. The fourth-order valence-corrected chi connectivity index (χ4v) is 3.05. The van der Waals surface area contributed by atoms with Crippen LogP contribution >= 0.6 is 0 Å². The van der Waals surface area contributed by atoms with E-state index in [2.05, 4.69) is 5.32 Å². The lowest BCUT2D eigenvalue weighted by Gasteiger charge is -2.21. The van der Waals surface area contributed by atoms with Gasteiger partial charge in [-0.1, -0.05) is 0 Å². The number of nitrogens with zero attached hydrogens (tertiary/aromatic N) is 2. The fourth-order valence-electron chi connectivity index (χ4n) is 3.05. The number of nitrogens with one attached hydrogen (secondary N) is 1. The van der Waals surface area contributed by atoms with E-state index >= 15 is 0 Å². The van der Waals surface area contributed by atoms with Crippen LogP contribution in [0.15, 0.2) is 23.9 Å². The number of fused-ring (bicyclic) bond motifs is 1. The van der Waals surface area contributed by atoms with Crippen LogP contribution in [0.1, 0.15) is 25.8 Å². The van der Waals surface area contributed by atoms with Crippen molar-refractivity contribution >= 4 is 22.9 Å². The number of hydrogen-bond donors (Lipinski definition) is 1. The first kappa shape index (κ1) is 15.5. The van der Waals surface area contributed by atoms with Gasteiger partial charge in [0.2, 0.25) is 0 Å². The van der Waals surface area contributed by atoms with Crippen molar-refractivity contribution in [2.75, 3.05) is 24.7 Å². The van der Waals surface area contributed by atoms with Gasteiger partial charge in [0.15, 0.2) is 0 Å². The Bertz CT molecular complexity index is 687. The first-order valence-corrected chi connectivity index (χ1v) is 7.68. The van der Waals surface area contributed by atoms with Crippen LogP contribution in [-0.2, 0) is 9.53 Å². The number of carbonyl (C=O) groups excluding carboxylic acids is 1. The van der Waals surface area contributed by atoms with E-state index in [1.54, 1.807) is 11.0 Å². The molecule has 1 fully saturated rings. The van der Waals surface area contributed by atoms with Gasteiger partial charge in [0.05, 0.1) is 29.4 Å². The monoisotopic (exact) mass is 317 g/mol. The average molecular weight is 317 g/mol. The Labute approximate surface area is 134 Å². The minimum Gasteiger partial charge on any atom is -0.385 e. The van der Waals surface area contributed by atoms with Crippen molar-refractivity contribution in [1.29, 1.82) is 0 Å². The van der Waals surface area contributed by atoms with Crippen molar-refractivity contribution in [3.63, 3.8) is 0 Å². The maximum Gasteiger partial charge on any atom is 0.270 e. The molecule has 1 N–H and O–H groups in total. The lowest BCUT2D eigenvalue weighted by atomic mass is 10.0. The summed E-state index contributed by atoms with van der Waals surface area (Å²) in [7, 11) is 0. The second-order valence-corrected chi connectivity index (χ2v) is 5.87. The molecular formula is C16H19N3O4. The molecule has 122 valence electrons. The molecule has 1 aromatic carbocycles. The van der Waals surface area contributed by atoms with Crippen molar-refractivity contribution in [3.05, 3.63) is 39.6 Å². The maximum atomic E-state index is 12.9. The maximum absolute atomic E-state index is 12.9. The van der Waals surface area contributed by atoms with E-state index in [0.717, 1.165) is 11.4 Å². The molecule has 0 atom stereocenters. The van der Waals surface area contributed by atoms with Gasteiger partial charge in [-0.2, -0.15) is 0 Å². The van der Waals surface area contributed by atoms with Gasteiger partial charge in [-0.15, -0.1) is 0 Å². The smallest absolute Gasteiger partial charge is 0.270 e. The van der Waals surface area contributed by atoms with Gasteiger partial charge in [-0.3, -0.25) is 14.9 Å². The summed E-state index contributed by atoms with van der Waals surface area (Å²) in [5.74, 6) is -0.111. The summed E-state index contributed by atoms with van der Waals surface area (Å²) >= 11 is 0. The van der Waals surface area contributed by atoms with Crippen LogP contribution in [0, 0.1) is 10.1 Å². The Morgan fingerprint density at radius 3 is 2.83 bits per heavy atom. The summed E-state index contributed by atoms with van der Waals surface area (Å²) in [6.07, 6.45) is 0.592. The van der Waals surface area contributed by atoms with E-state index in [0.29, 0.717) is 37.3 Å². The van der Waals surface area contributed by atoms with Gasteiger partial charge in [0.1, 0.15) is 0 Å². The SMILES string of the molecule is CC(C)N1C(=O)/C(=C2/CCOCCN2)c2cc([N+](=O)[O-])ccc21. The van der Waals surface area contributed by atoms with Crippen molar-refractivity contribution < 1.29 is 14.5 Å². The highest BCUT2D eigenvalue weighted by Crippen LogP contribution is 2.41. The number of non-ortho nitro benzene ring substituents is 1. The largest absolute Gasteiger partial charge is 0.385 e. The third kappa shape index (κ3) is 2.68. The Morgan fingerprint density at radius 2 is 2.13 bits per heavy atom. The highest BCUT2D eigenvalue weighted by Gasteiger charge is 2.37. The number of nitro benzene ring substituents is 1. The molecule has 1 amide bonds. The second-order valence-electron chi connectivity index (χ2n) is 5.87. The molecule has 0 unspecified atom stereocenters. The minimum atomic E-state index is -0.436. The molecule has 7 nitrogen and oxygen atoms in total. The summed E-state index contributed by atoms with van der Waals surface area (Å²) in [6, 6.07) is 4.57. The van der Waals surface area contributed by atoms with Gasteiger partial charge in [-0.25, -0.2) is 0 Å². The zero-order valence-electron chi connectivity index (χ0n) is 13.2. The summed E-state index contributed by atoms with van der Waals surface area (Å²) in [6.45, 7) is 5.60. The Kier molecular flexibility index (Phi) is 4.04. The van der Waals surface area contributed by atoms with E-state index in [4.69, 9.17) is 4.74 Å². The molecule has 1 saturated heterocycles. The zero-order chi connectivity index (χ0) is 16.6. The second kappa shape index (κ2) is 6.00. The van der Waals surface area contributed by atoms with E-state index in [9.17, 15) is 14.9 Å². The molecule has 7 heteroatoms. The number of benzene rings is 1. The summed E-state index contributed by atoms with van der Waals surface area (Å²) in [5.41, 5.74) is 2.68. The number of ether oxygens (including phenoxy) is 1. The first-order chi connectivity index (χ1) is 11.0. The Balaban J connectivity index is 2.18. The van der Waals surface area contributed by atoms with E-state index in [1.165, 1.54) is 12.1 Å². The Morgan fingerprint density at radius 1 is 1.35 bits per heavy atom. The molecule has 0 spiro atoms. The standard InChI is InChI=1S/C16H19N3O4/c1-10(2)18-14-4-3-11(19(21)22)9-12(14)15(16(18)20)13-5-7-23-8-6-17-13/h3-4,9-10,17H,5-8H2,1-2H3/b15-13-. The van der Waals surface area contributed by atoms with Gasteiger partial charge in [0, 0.05) is 42.4 Å². The molecular weight excluding hydrogens is 298 g/mol. The van der Waals surface area contributed by atoms with Crippen LogP contribution in [-0.4, -0.2) is 36.6 Å². The topological polar surface area (TPSA) is 84.7 Å². The van der Waals surface area contributed by atoms with Gasteiger partial charge in [0.25, 0.3) is 11.6 Å². The van der Waals surface area contributed by atoms with E-state index in [-0.39, 0.29) is 17.6 Å². The Hall–Kier alpha value is -2.41. The number of anilines is 1. The van der Waals surface area contributed by atoms with Crippen LogP contribution in [0.25, 0.3) is 5.57 Å². The van der Waals surface area contributed by atoms with E-state index in [1.807, 2.05) is 13.8 Å². The molecule has 0 aliphatic carbocycles. The summed E-state index contributed by atoms with van der Waals surface area (Å²) < 4.78 is 5.41. The molecule has 3 rings (SSSR count). The third-order valence-corrected chi connectivity index (χ3v) is 4.05. The normalized spacial score (nSPS) is 21.2. The van der Waals surface area contributed by atoms with Crippen LogP contribution in [0.2, 0.25) is 0 Å². The number of rotatable bonds is 2. The predicted octanol–water partition coefficient (Wildman–Crippen LogP) is 2.07. The van der Waals surface area contributed by atoms with Crippen molar-refractivity contribution in [3.8, 4) is 0 Å². The molecule has 2 aliphatic heterocycles. The predicted molar refractivity (Wildman–Crippen MR) is 86.1 cm³/mol. The van der Waals surface area contributed by atoms with Crippen LogP contribution in [0.3, 0.4) is 0 Å². The summed E-state index contributed by atoms with van der Waals surface area (Å²) in [4.78, 5) is 25.3. The van der Waals surface area contributed by atoms with Gasteiger partial charge >= 0.3 is 0 Å². The zero-order valence-corrected chi connectivity index (χ0v) is 13.2. The van der Waals surface area contributed by atoms with E-state index < -0.39 is 4.92 Å². The van der Waals surface area contributed by atoms with Crippen molar-refractivity contribution in [2.24, 2.45) is 0 Å². The quantitative estimate of drug-likeness (QED) is 0.513. The molecule has 0 radical (unpaired) electrons. The first-order valence-electron chi connectivity index (χ1n) is 7.68. The summed E-state index contributed by atoms with van der Waals surface area (Å²) in [5, 5.41) is 14.3. The highest BCUT2D eigenvalue weighted by atomic mass is 16.6. The number of amides is 1. The molecule has 2 aliphatic rings. The highest BCUT2D eigenvalue weighted by molar-refractivity contribution is 6.33. The number of carbonyl (C=O) groups is 1. The van der Waals surface area contributed by atoms with Gasteiger partial charge in [-0.05, 0) is 19.9 Å². The van der Waals surface area contributed by atoms with Crippen LogP contribution < -0.4 is 10.2 Å². The lowest BCUT2D eigenvalue weighted by molar-refractivity contribution is -0.384. The van der Waals surface area contributed by atoms with Crippen LogP contribution in [0.5, 0.6) is 0 Å². The molecule has 1 aromatic rings. The van der Waals surface area contributed by atoms with Crippen LogP contribution in [0.4, 0.5) is 11.4 Å². The average Bonchev–Trinajstić information content (AvgIpc) is 2.66. The fraction of sp³-hybridized carbons (Fsp3) is 0.438. The number of nitro groups is 1. The molecule has 0 saturated carbocycles. The molecule has 0 bridgehead atoms. The number of hydrogen-bond acceptors (Lipinski definition) is 5.